The number of rotatable bonds is 10. The number of hydrogen-bond acceptors (Lipinski definition) is 6. The van der Waals surface area contributed by atoms with E-state index < -0.39 is 23.1 Å². The van der Waals surface area contributed by atoms with E-state index in [2.05, 4.69) is 0 Å². The molecular weight excluding hydrogens is 351 g/mol. The second kappa shape index (κ2) is 8.59. The molecule has 6 nitrogen and oxygen atoms in total. The van der Waals surface area contributed by atoms with E-state index in [0.717, 1.165) is 5.56 Å². The molecule has 0 aliphatic rings. The zero-order valence-electron chi connectivity index (χ0n) is 14.9. The summed E-state index contributed by atoms with van der Waals surface area (Å²) in [5, 5.41) is -1.55. The van der Waals surface area contributed by atoms with Crippen LogP contribution in [0.1, 0.15) is 46.1 Å². The van der Waals surface area contributed by atoms with Crippen LogP contribution in [0, 0.1) is 6.92 Å². The third kappa shape index (κ3) is 4.46. The van der Waals surface area contributed by atoms with Crippen LogP contribution in [0.2, 0.25) is 0 Å². The van der Waals surface area contributed by atoms with Gasteiger partial charge in [-0.25, -0.2) is 4.18 Å². The second-order valence-electron chi connectivity index (χ2n) is 5.34. The van der Waals surface area contributed by atoms with Crippen LogP contribution in [0.15, 0.2) is 29.2 Å². The molecule has 0 saturated heterocycles. The summed E-state index contributed by atoms with van der Waals surface area (Å²) in [5.74, 6) is 0. The molecule has 0 bridgehead atoms. The van der Waals surface area contributed by atoms with Gasteiger partial charge >= 0.3 is 7.60 Å². The maximum Gasteiger partial charge on any atom is 0.363 e. The van der Waals surface area contributed by atoms with Crippen molar-refractivity contribution in [3.8, 4) is 0 Å². The molecule has 0 fully saturated rings. The highest BCUT2D eigenvalue weighted by atomic mass is 32.2. The Morgan fingerprint density at radius 1 is 0.958 bits per heavy atom. The fourth-order valence-electron chi connectivity index (χ4n) is 2.37. The second-order valence-corrected chi connectivity index (χ2v) is 9.21. The molecule has 0 aliphatic carbocycles. The Hall–Kier alpha value is -0.720. The molecule has 0 radical (unpaired) electrons. The highest BCUT2D eigenvalue weighted by molar-refractivity contribution is 7.87. The van der Waals surface area contributed by atoms with E-state index in [9.17, 15) is 13.0 Å². The number of hydrogen-bond donors (Lipinski definition) is 0. The van der Waals surface area contributed by atoms with Crippen LogP contribution in [0.25, 0.3) is 0 Å². The van der Waals surface area contributed by atoms with Crippen molar-refractivity contribution in [3.05, 3.63) is 29.8 Å². The quantitative estimate of drug-likeness (QED) is 0.441. The first kappa shape index (κ1) is 21.3. The Labute approximate surface area is 145 Å². The van der Waals surface area contributed by atoms with Gasteiger partial charge in [0.05, 0.1) is 18.1 Å². The Bertz CT molecular complexity index is 654. The van der Waals surface area contributed by atoms with E-state index in [1.807, 2.05) is 6.92 Å². The third-order valence-electron chi connectivity index (χ3n) is 3.78. The molecule has 0 heterocycles. The van der Waals surface area contributed by atoms with E-state index in [-0.39, 0.29) is 31.0 Å². The van der Waals surface area contributed by atoms with Gasteiger partial charge in [-0.2, -0.15) is 8.42 Å². The zero-order valence-corrected chi connectivity index (χ0v) is 16.7. The highest BCUT2D eigenvalue weighted by Gasteiger charge is 2.53. The molecule has 0 amide bonds. The van der Waals surface area contributed by atoms with Crippen molar-refractivity contribution in [3.63, 3.8) is 0 Å². The molecule has 0 saturated carbocycles. The lowest BCUT2D eigenvalue weighted by Crippen LogP contribution is -2.35. The lowest BCUT2D eigenvalue weighted by Gasteiger charge is -2.36. The SMILES string of the molecule is CCOP(=O)(OCC)C(CC)(CC)OS(=O)(=O)c1ccc(C)cc1. The molecule has 0 atom stereocenters. The minimum atomic E-state index is -4.11. The molecular formula is C16H27O6PS. The van der Waals surface area contributed by atoms with Gasteiger partial charge in [-0.1, -0.05) is 31.5 Å². The summed E-state index contributed by atoms with van der Waals surface area (Å²) in [6, 6.07) is 6.29. The van der Waals surface area contributed by atoms with Gasteiger partial charge in [-0.15, -0.1) is 0 Å². The van der Waals surface area contributed by atoms with Crippen LogP contribution < -0.4 is 0 Å². The average molecular weight is 378 g/mol. The predicted molar refractivity (Wildman–Crippen MR) is 93.6 cm³/mol. The van der Waals surface area contributed by atoms with Gasteiger partial charge < -0.3 is 9.05 Å². The van der Waals surface area contributed by atoms with Gasteiger partial charge in [-0.3, -0.25) is 4.57 Å². The summed E-state index contributed by atoms with van der Waals surface area (Å²) in [6.45, 7) is 8.89. The zero-order chi connectivity index (χ0) is 18.4. The van der Waals surface area contributed by atoms with Gasteiger partial charge in [0, 0.05) is 0 Å². The van der Waals surface area contributed by atoms with Crippen molar-refractivity contribution in [2.75, 3.05) is 13.2 Å². The van der Waals surface area contributed by atoms with Crippen LogP contribution in [-0.4, -0.2) is 27.0 Å². The summed E-state index contributed by atoms with van der Waals surface area (Å²) in [4.78, 5) is 0.0129. The monoisotopic (exact) mass is 378 g/mol. The van der Waals surface area contributed by atoms with Crippen molar-refractivity contribution in [2.45, 2.75) is 57.7 Å². The van der Waals surface area contributed by atoms with Gasteiger partial charge in [0.2, 0.25) is 0 Å². The van der Waals surface area contributed by atoms with Crippen molar-refractivity contribution in [1.82, 2.24) is 0 Å². The first-order valence-corrected chi connectivity index (χ1v) is 11.1. The normalized spacial score (nSPS) is 13.2. The van der Waals surface area contributed by atoms with Crippen LogP contribution in [0.4, 0.5) is 0 Å². The highest BCUT2D eigenvalue weighted by Crippen LogP contribution is 2.64. The molecule has 1 aromatic carbocycles. The van der Waals surface area contributed by atoms with Crippen molar-refractivity contribution >= 4 is 17.7 Å². The molecule has 0 unspecified atom stereocenters. The van der Waals surface area contributed by atoms with Crippen molar-refractivity contribution in [2.24, 2.45) is 0 Å². The smallest absolute Gasteiger partial charge is 0.307 e. The lowest BCUT2D eigenvalue weighted by molar-refractivity contribution is 0.0867. The fourth-order valence-corrected chi connectivity index (χ4v) is 6.24. The van der Waals surface area contributed by atoms with Gasteiger partial charge in [-0.05, 0) is 45.7 Å². The van der Waals surface area contributed by atoms with E-state index >= 15 is 0 Å². The molecule has 8 heteroatoms. The maximum atomic E-state index is 13.2. The summed E-state index contributed by atoms with van der Waals surface area (Å²) >= 11 is 0. The Kier molecular flexibility index (Phi) is 7.63. The van der Waals surface area contributed by atoms with Gasteiger partial charge in [0.25, 0.3) is 10.1 Å². The molecule has 0 N–H and O–H groups in total. The molecule has 24 heavy (non-hydrogen) atoms. The van der Waals surface area contributed by atoms with Crippen LogP contribution in [0.5, 0.6) is 0 Å². The van der Waals surface area contributed by atoms with Gasteiger partial charge in [0.15, 0.2) is 5.34 Å². The predicted octanol–water partition coefficient (Wildman–Crippen LogP) is 4.48. The van der Waals surface area contributed by atoms with Gasteiger partial charge in [0.1, 0.15) is 0 Å². The molecule has 0 spiro atoms. The average Bonchev–Trinajstić information content (AvgIpc) is 2.53. The van der Waals surface area contributed by atoms with Crippen molar-refractivity contribution in [1.29, 1.82) is 0 Å². The minimum Gasteiger partial charge on any atom is -0.307 e. The van der Waals surface area contributed by atoms with E-state index in [4.69, 9.17) is 13.2 Å². The number of benzene rings is 1. The maximum absolute atomic E-state index is 13.2. The molecule has 138 valence electrons. The van der Waals surface area contributed by atoms with Crippen LogP contribution in [-0.2, 0) is 27.9 Å². The number of aryl methyl sites for hydroxylation is 1. The largest absolute Gasteiger partial charge is 0.363 e. The minimum absolute atomic E-state index is 0.0129. The van der Waals surface area contributed by atoms with Crippen LogP contribution in [0.3, 0.4) is 0 Å². The topological polar surface area (TPSA) is 78.9 Å². The van der Waals surface area contributed by atoms with E-state index in [1.165, 1.54) is 12.1 Å². The fraction of sp³-hybridized carbons (Fsp3) is 0.625. The Balaban J connectivity index is 3.33. The summed E-state index contributed by atoms with van der Waals surface area (Å²) < 4.78 is 54.8. The Morgan fingerprint density at radius 3 is 1.79 bits per heavy atom. The molecule has 0 aliphatic heterocycles. The standard InChI is InChI=1S/C16H27O6PS/c1-6-16(7-2,23(17,20-8-3)21-9-4)22-24(18,19)15-12-10-14(5)11-13-15/h10-13H,6-9H2,1-5H3. The van der Waals surface area contributed by atoms with E-state index in [1.54, 1.807) is 39.8 Å². The molecule has 0 aromatic heterocycles. The summed E-state index contributed by atoms with van der Waals surface area (Å²) in [6.07, 6.45) is 0.345. The van der Waals surface area contributed by atoms with E-state index in [0.29, 0.717) is 0 Å². The van der Waals surface area contributed by atoms with Crippen molar-refractivity contribution < 1.29 is 26.2 Å². The summed E-state index contributed by atoms with van der Waals surface area (Å²) in [7, 11) is -7.90. The molecule has 1 aromatic rings. The Morgan fingerprint density at radius 2 is 1.42 bits per heavy atom. The molecule has 1 rings (SSSR count). The first-order valence-electron chi connectivity index (χ1n) is 8.11. The third-order valence-corrected chi connectivity index (χ3v) is 8.21. The summed E-state index contributed by atoms with van der Waals surface area (Å²) in [5.41, 5.74) is 0.931. The van der Waals surface area contributed by atoms with Crippen LogP contribution >= 0.6 is 7.60 Å². The lowest BCUT2D eigenvalue weighted by atomic mass is 10.2. The first-order chi connectivity index (χ1) is 11.2.